The van der Waals surface area contributed by atoms with Crippen LogP contribution in [0.1, 0.15) is 6.04 Å². The van der Waals surface area contributed by atoms with E-state index in [9.17, 15) is 0 Å². The van der Waals surface area contributed by atoms with Crippen molar-refractivity contribution in [3.8, 4) is 0 Å². The fourth-order valence-corrected chi connectivity index (χ4v) is 2.62. The van der Waals surface area contributed by atoms with Gasteiger partial charge in [-0.15, -0.1) is 6.58 Å². The van der Waals surface area contributed by atoms with Crippen molar-refractivity contribution in [3.05, 3.63) is 29.2 Å². The van der Waals surface area contributed by atoms with Gasteiger partial charge in [0.2, 0.25) is 11.1 Å². The molecule has 22 heavy (non-hydrogen) atoms. The number of aromatic nitrogens is 4. The number of hydrogen-bond acceptors (Lipinski definition) is 7. The summed E-state index contributed by atoms with van der Waals surface area (Å²) in [5.74, 6) is 0. The molecule has 2 aliphatic heterocycles. The smallest absolute Gasteiger partial charge is 0.216 e. The van der Waals surface area contributed by atoms with Crippen LogP contribution in [0.2, 0.25) is 0 Å². The lowest BCUT2D eigenvalue weighted by Gasteiger charge is -2.26. The number of hydrogen-bond donors (Lipinski definition) is 3. The number of nitrogens with one attached hydrogen (secondary N) is 2. The predicted molar refractivity (Wildman–Crippen MR) is 83.8 cm³/mol. The number of hydrazine groups is 1. The largest absolute Gasteiger partial charge is 0.375 e. The van der Waals surface area contributed by atoms with Gasteiger partial charge in [-0.2, -0.15) is 0 Å². The summed E-state index contributed by atoms with van der Waals surface area (Å²) in [5, 5.41) is 8.23. The molecule has 0 radical (unpaired) electrons. The van der Waals surface area contributed by atoms with Crippen molar-refractivity contribution in [2.45, 2.75) is 25.0 Å². The Hall–Kier alpha value is -1.82. The number of thiocarbonyl (C=S) groups is 1. The van der Waals surface area contributed by atoms with Crippen LogP contribution in [0.4, 0.5) is 0 Å². The first-order chi connectivity index (χ1) is 10.6. The lowest BCUT2D eigenvalue weighted by atomic mass is 10.1. The molecular weight excluding hydrogens is 326 g/mol. The highest BCUT2D eigenvalue weighted by Crippen LogP contribution is 2.32. The molecule has 0 spiro atoms. The van der Waals surface area contributed by atoms with Gasteiger partial charge in [-0.05, 0) is 40.9 Å². The van der Waals surface area contributed by atoms with Gasteiger partial charge in [0.25, 0.3) is 0 Å². The summed E-state index contributed by atoms with van der Waals surface area (Å²) in [7, 11) is 0. The van der Waals surface area contributed by atoms with Gasteiger partial charge in [-0.3, -0.25) is 10.9 Å². The summed E-state index contributed by atoms with van der Waals surface area (Å²) < 4.78 is 15.1. The van der Waals surface area contributed by atoms with E-state index in [0.717, 1.165) is 0 Å². The number of ether oxygens (including phenoxy) is 2. The summed E-state index contributed by atoms with van der Waals surface area (Å²) in [6.45, 7) is 4.59. The van der Waals surface area contributed by atoms with Crippen molar-refractivity contribution in [2.75, 3.05) is 6.61 Å². The highest BCUT2D eigenvalue weighted by molar-refractivity contribution is 7.80. The van der Waals surface area contributed by atoms with Crippen LogP contribution in [0.25, 0.3) is 0 Å². The van der Waals surface area contributed by atoms with Gasteiger partial charge >= 0.3 is 0 Å². The fourth-order valence-electron chi connectivity index (χ4n) is 2.30. The quantitative estimate of drug-likeness (QED) is 0.372. The number of tetrazole rings is 1. The Morgan fingerprint density at radius 2 is 2.41 bits per heavy atom. The lowest BCUT2D eigenvalue weighted by molar-refractivity contribution is -0.0499. The average molecular weight is 341 g/mol. The van der Waals surface area contributed by atoms with Gasteiger partial charge in [0.05, 0.1) is 18.8 Å². The minimum atomic E-state index is -0.486. The van der Waals surface area contributed by atoms with Crippen LogP contribution in [0.3, 0.4) is 0 Å². The summed E-state index contributed by atoms with van der Waals surface area (Å²) >= 11 is 10.1. The van der Waals surface area contributed by atoms with E-state index in [1.807, 2.05) is 6.08 Å². The van der Waals surface area contributed by atoms with E-state index in [0.29, 0.717) is 23.6 Å². The van der Waals surface area contributed by atoms with Crippen molar-refractivity contribution >= 4 is 29.5 Å². The maximum atomic E-state index is 5.79. The van der Waals surface area contributed by atoms with E-state index in [2.05, 4.69) is 27.9 Å². The first-order valence-electron chi connectivity index (χ1n) is 6.53. The van der Waals surface area contributed by atoms with Crippen LogP contribution >= 0.6 is 24.4 Å². The number of nitrogens with zero attached hydrogens (tertiary/aromatic N) is 4. The van der Waals surface area contributed by atoms with Gasteiger partial charge < -0.3 is 15.2 Å². The monoisotopic (exact) mass is 341 g/mol. The summed E-state index contributed by atoms with van der Waals surface area (Å²) in [6, 6.07) is -0.236. The minimum Gasteiger partial charge on any atom is -0.375 e. The van der Waals surface area contributed by atoms with Gasteiger partial charge in [0.15, 0.2) is 5.11 Å². The molecule has 0 aliphatic carbocycles. The molecular formula is C11H15N7O2S2. The van der Waals surface area contributed by atoms with E-state index in [1.165, 1.54) is 0 Å². The molecule has 118 valence electrons. The van der Waals surface area contributed by atoms with E-state index in [-0.39, 0.29) is 17.3 Å². The van der Waals surface area contributed by atoms with Crippen molar-refractivity contribution < 1.29 is 9.47 Å². The molecule has 3 unspecified atom stereocenters. The van der Waals surface area contributed by atoms with Crippen LogP contribution in [0.15, 0.2) is 24.4 Å². The molecule has 0 aromatic carbocycles. The van der Waals surface area contributed by atoms with Gasteiger partial charge in [0.1, 0.15) is 12.1 Å². The first kappa shape index (κ1) is 15.1. The van der Waals surface area contributed by atoms with Crippen LogP contribution in [-0.4, -0.2) is 43.9 Å². The standard InChI is InChI=1S/C11H15N7O2S2/c1-2-3-17-11(22)18(16-15-17)7-4-6(13-14-10(12)21)9-19-5-8(7)20-9/h2,4,7-9,13H,1,3,5H2,(H3,12,14,21). The Balaban J connectivity index is 1.88. The van der Waals surface area contributed by atoms with Crippen molar-refractivity contribution in [3.63, 3.8) is 0 Å². The second-order valence-electron chi connectivity index (χ2n) is 4.74. The minimum absolute atomic E-state index is 0.117. The van der Waals surface area contributed by atoms with Crippen LogP contribution < -0.4 is 16.6 Å². The second-order valence-corrected chi connectivity index (χ2v) is 5.55. The third kappa shape index (κ3) is 2.75. The molecule has 1 saturated heterocycles. The topological polar surface area (TPSA) is 104 Å². The molecule has 3 rings (SSSR count). The summed E-state index contributed by atoms with van der Waals surface area (Å²) in [5.41, 5.74) is 11.6. The third-order valence-electron chi connectivity index (χ3n) is 3.27. The molecule has 1 aromatic rings. The van der Waals surface area contributed by atoms with Crippen molar-refractivity contribution in [1.82, 2.24) is 30.6 Å². The normalized spacial score (nSPS) is 26.4. The molecule has 1 fully saturated rings. The molecule has 1 aromatic heterocycles. The molecule has 3 atom stereocenters. The number of nitrogens with two attached hydrogens (primary N) is 1. The Kier molecular flexibility index (Phi) is 4.20. The molecule has 4 N–H and O–H groups in total. The average Bonchev–Trinajstić information content (AvgIpc) is 3.06. The zero-order valence-corrected chi connectivity index (χ0v) is 13.1. The van der Waals surface area contributed by atoms with E-state index in [1.54, 1.807) is 15.4 Å². The molecule has 0 saturated carbocycles. The predicted octanol–water partition coefficient (Wildman–Crippen LogP) is -0.487. The van der Waals surface area contributed by atoms with Crippen LogP contribution in [0, 0.1) is 4.77 Å². The Labute approximate surface area is 136 Å². The zero-order chi connectivity index (χ0) is 15.7. The molecule has 3 heterocycles. The maximum Gasteiger partial charge on any atom is 0.216 e. The second kappa shape index (κ2) is 6.12. The molecule has 11 heteroatoms. The van der Waals surface area contributed by atoms with E-state index >= 15 is 0 Å². The Morgan fingerprint density at radius 3 is 3.14 bits per heavy atom. The fraction of sp³-hybridized carbons (Fsp3) is 0.455. The molecule has 2 aliphatic rings. The van der Waals surface area contributed by atoms with Gasteiger partial charge in [0, 0.05) is 0 Å². The van der Waals surface area contributed by atoms with E-state index < -0.39 is 6.29 Å². The van der Waals surface area contributed by atoms with Crippen LogP contribution in [-0.2, 0) is 16.0 Å². The highest BCUT2D eigenvalue weighted by Gasteiger charge is 2.40. The lowest BCUT2D eigenvalue weighted by Crippen LogP contribution is -2.45. The van der Waals surface area contributed by atoms with E-state index in [4.69, 9.17) is 39.6 Å². The number of allylic oxidation sites excluding steroid dienone is 1. The molecule has 2 bridgehead atoms. The van der Waals surface area contributed by atoms with Gasteiger partial charge in [-0.25, -0.2) is 9.36 Å². The highest BCUT2D eigenvalue weighted by atomic mass is 32.1. The number of rotatable bonds is 5. The van der Waals surface area contributed by atoms with Crippen molar-refractivity contribution in [2.24, 2.45) is 5.73 Å². The Bertz CT molecular complexity index is 682. The first-order valence-corrected chi connectivity index (χ1v) is 7.35. The van der Waals surface area contributed by atoms with Gasteiger partial charge in [-0.1, -0.05) is 6.08 Å². The Morgan fingerprint density at radius 1 is 1.59 bits per heavy atom. The molecule has 9 nitrogen and oxygen atoms in total. The third-order valence-corrected chi connectivity index (χ3v) is 3.77. The summed E-state index contributed by atoms with van der Waals surface area (Å²) in [4.78, 5) is 0. The maximum absolute atomic E-state index is 5.79. The summed E-state index contributed by atoms with van der Waals surface area (Å²) in [6.07, 6.45) is 2.96. The number of fused-ring (bicyclic) bond motifs is 2. The van der Waals surface area contributed by atoms with Crippen LogP contribution in [0.5, 0.6) is 0 Å². The SMILES string of the molecule is C=CCn1nnn(C2C=C(NNC(N)=S)C3OCC2O3)c1=S. The molecule has 0 amide bonds. The van der Waals surface area contributed by atoms with Crippen molar-refractivity contribution in [1.29, 1.82) is 0 Å². The zero-order valence-electron chi connectivity index (χ0n) is 11.5.